The van der Waals surface area contributed by atoms with Gasteiger partial charge in [0.15, 0.2) is 5.82 Å². The van der Waals surface area contributed by atoms with Crippen LogP contribution in [0.4, 0.5) is 0 Å². The van der Waals surface area contributed by atoms with Gasteiger partial charge in [0, 0.05) is 18.2 Å². The van der Waals surface area contributed by atoms with Crippen LogP contribution < -0.4 is 5.56 Å². The fraction of sp³-hybridized carbons (Fsp3) is 0.417. The van der Waals surface area contributed by atoms with Crippen LogP contribution in [0.25, 0.3) is 0 Å². The summed E-state index contributed by atoms with van der Waals surface area (Å²) >= 11 is 0. The van der Waals surface area contributed by atoms with Crippen LogP contribution in [0.15, 0.2) is 27.6 Å². The molecule has 5 nitrogen and oxygen atoms in total. The molecule has 0 radical (unpaired) electrons. The first kappa shape index (κ1) is 11.6. The van der Waals surface area contributed by atoms with Gasteiger partial charge in [0.2, 0.25) is 5.89 Å². The van der Waals surface area contributed by atoms with Gasteiger partial charge in [0.1, 0.15) is 6.54 Å². The number of nitrogens with zero attached hydrogens (tertiary/aromatic N) is 3. The topological polar surface area (TPSA) is 60.9 Å². The Morgan fingerprint density at radius 1 is 1.47 bits per heavy atom. The van der Waals surface area contributed by atoms with Crippen LogP contribution in [0, 0.1) is 6.92 Å². The number of aromatic nitrogens is 3. The minimum absolute atomic E-state index is 0.0608. The molecule has 0 fully saturated rings. The normalized spacial score (nSPS) is 11.1. The minimum atomic E-state index is -0.0608. The van der Waals surface area contributed by atoms with Crippen molar-refractivity contribution in [1.82, 2.24) is 14.7 Å². The van der Waals surface area contributed by atoms with E-state index in [2.05, 4.69) is 10.1 Å². The van der Waals surface area contributed by atoms with Crippen LogP contribution in [0.5, 0.6) is 0 Å². The Kier molecular flexibility index (Phi) is 3.08. The summed E-state index contributed by atoms with van der Waals surface area (Å²) in [6.07, 6.45) is 1.73. The van der Waals surface area contributed by atoms with Gasteiger partial charge in [-0.3, -0.25) is 4.79 Å². The fourth-order valence-electron chi connectivity index (χ4n) is 1.45. The fourth-order valence-corrected chi connectivity index (χ4v) is 1.45. The highest BCUT2D eigenvalue weighted by Gasteiger charge is 2.10. The van der Waals surface area contributed by atoms with E-state index in [9.17, 15) is 4.79 Å². The highest BCUT2D eigenvalue weighted by atomic mass is 16.5. The molecule has 0 aliphatic carbocycles. The molecule has 2 aromatic heterocycles. The van der Waals surface area contributed by atoms with Crippen LogP contribution >= 0.6 is 0 Å². The molecule has 0 aliphatic heterocycles. The summed E-state index contributed by atoms with van der Waals surface area (Å²) < 4.78 is 6.64. The van der Waals surface area contributed by atoms with E-state index in [1.165, 1.54) is 0 Å². The summed E-state index contributed by atoms with van der Waals surface area (Å²) in [5, 5.41) is 3.86. The van der Waals surface area contributed by atoms with Gasteiger partial charge in [0.25, 0.3) is 5.56 Å². The number of aryl methyl sites for hydroxylation is 1. The molecule has 2 heterocycles. The predicted octanol–water partition coefficient (Wildman–Crippen LogP) is 1.71. The Balaban J connectivity index is 2.22. The van der Waals surface area contributed by atoms with Crippen molar-refractivity contribution in [3.8, 4) is 0 Å². The zero-order valence-electron chi connectivity index (χ0n) is 10.2. The van der Waals surface area contributed by atoms with Crippen molar-refractivity contribution in [2.45, 2.75) is 33.2 Å². The summed E-state index contributed by atoms with van der Waals surface area (Å²) in [6, 6.07) is 3.46. The van der Waals surface area contributed by atoms with Crippen LogP contribution in [0.3, 0.4) is 0 Å². The van der Waals surface area contributed by atoms with Crippen molar-refractivity contribution in [1.29, 1.82) is 0 Å². The van der Waals surface area contributed by atoms with Gasteiger partial charge in [-0.05, 0) is 18.6 Å². The van der Waals surface area contributed by atoms with E-state index in [-0.39, 0.29) is 11.5 Å². The third-order valence-electron chi connectivity index (χ3n) is 2.46. The third-order valence-corrected chi connectivity index (χ3v) is 2.46. The van der Waals surface area contributed by atoms with Crippen molar-refractivity contribution in [2.75, 3.05) is 0 Å². The molecule has 0 atom stereocenters. The Hall–Kier alpha value is -1.91. The van der Waals surface area contributed by atoms with Crippen LogP contribution in [-0.2, 0) is 6.54 Å². The largest absolute Gasteiger partial charge is 0.337 e. The van der Waals surface area contributed by atoms with Crippen LogP contribution in [0.2, 0.25) is 0 Å². The van der Waals surface area contributed by atoms with E-state index in [0.717, 1.165) is 5.56 Å². The number of hydrogen-bond acceptors (Lipinski definition) is 4. The van der Waals surface area contributed by atoms with Crippen molar-refractivity contribution < 1.29 is 4.52 Å². The second kappa shape index (κ2) is 4.53. The molecule has 0 spiro atoms. The van der Waals surface area contributed by atoms with Gasteiger partial charge in [-0.25, -0.2) is 0 Å². The zero-order valence-corrected chi connectivity index (χ0v) is 10.2. The number of hydrogen-bond donors (Lipinski definition) is 0. The first-order valence-corrected chi connectivity index (χ1v) is 5.56. The van der Waals surface area contributed by atoms with E-state index < -0.39 is 0 Å². The molecule has 0 aliphatic rings. The van der Waals surface area contributed by atoms with E-state index in [0.29, 0.717) is 18.3 Å². The molecule has 2 rings (SSSR count). The second-order valence-electron chi connectivity index (χ2n) is 4.37. The lowest BCUT2D eigenvalue weighted by molar-refractivity contribution is 0.363. The highest BCUT2D eigenvalue weighted by molar-refractivity contribution is 5.08. The van der Waals surface area contributed by atoms with E-state index in [1.807, 2.05) is 26.8 Å². The quantitative estimate of drug-likeness (QED) is 0.809. The zero-order chi connectivity index (χ0) is 12.4. The third kappa shape index (κ3) is 2.61. The lowest BCUT2D eigenvalue weighted by Crippen LogP contribution is -2.19. The summed E-state index contributed by atoms with van der Waals surface area (Å²) in [5.74, 6) is 1.35. The minimum Gasteiger partial charge on any atom is -0.337 e. The molecule has 0 N–H and O–H groups in total. The van der Waals surface area contributed by atoms with Gasteiger partial charge in [0.05, 0.1) is 0 Å². The maximum atomic E-state index is 11.7. The van der Waals surface area contributed by atoms with Gasteiger partial charge in [-0.1, -0.05) is 19.0 Å². The molecular formula is C12H15N3O2. The average molecular weight is 233 g/mol. The number of pyridine rings is 1. The Morgan fingerprint density at radius 3 is 2.82 bits per heavy atom. The second-order valence-corrected chi connectivity index (χ2v) is 4.37. The van der Waals surface area contributed by atoms with Gasteiger partial charge >= 0.3 is 0 Å². The number of rotatable bonds is 3. The molecule has 0 aromatic carbocycles. The molecule has 2 aromatic rings. The lowest BCUT2D eigenvalue weighted by Gasteiger charge is -2.01. The summed E-state index contributed by atoms with van der Waals surface area (Å²) in [6.45, 7) is 6.19. The molecule has 90 valence electrons. The maximum Gasteiger partial charge on any atom is 0.251 e. The Bertz CT molecular complexity index is 569. The first-order chi connectivity index (χ1) is 8.06. The van der Waals surface area contributed by atoms with Crippen molar-refractivity contribution in [2.24, 2.45) is 0 Å². The van der Waals surface area contributed by atoms with E-state index >= 15 is 0 Å². The molecule has 0 amide bonds. The molecule has 0 saturated carbocycles. The van der Waals surface area contributed by atoms with Crippen molar-refractivity contribution in [3.05, 3.63) is 46.0 Å². The smallest absolute Gasteiger partial charge is 0.251 e. The maximum absolute atomic E-state index is 11.7. The summed E-state index contributed by atoms with van der Waals surface area (Å²) in [4.78, 5) is 15.9. The SMILES string of the molecule is Cc1ccn(Cc2nc(C(C)C)no2)c(=O)c1. The summed E-state index contributed by atoms with van der Waals surface area (Å²) in [7, 11) is 0. The Morgan fingerprint density at radius 2 is 2.24 bits per heavy atom. The molecule has 17 heavy (non-hydrogen) atoms. The predicted molar refractivity (Wildman–Crippen MR) is 62.9 cm³/mol. The monoisotopic (exact) mass is 233 g/mol. The van der Waals surface area contributed by atoms with Crippen molar-refractivity contribution >= 4 is 0 Å². The first-order valence-electron chi connectivity index (χ1n) is 5.56. The lowest BCUT2D eigenvalue weighted by atomic mass is 10.2. The standard InChI is InChI=1S/C12H15N3O2/c1-8(2)12-13-10(17-14-12)7-15-5-4-9(3)6-11(15)16/h4-6,8H,7H2,1-3H3. The highest BCUT2D eigenvalue weighted by Crippen LogP contribution is 2.09. The van der Waals surface area contributed by atoms with Gasteiger partial charge < -0.3 is 9.09 Å². The van der Waals surface area contributed by atoms with Crippen molar-refractivity contribution in [3.63, 3.8) is 0 Å². The molecular weight excluding hydrogens is 218 g/mol. The molecule has 5 heteroatoms. The van der Waals surface area contributed by atoms with Gasteiger partial charge in [-0.2, -0.15) is 4.98 Å². The van der Waals surface area contributed by atoms with E-state index in [1.54, 1.807) is 16.8 Å². The Labute approximate surface area is 99.1 Å². The molecule has 0 unspecified atom stereocenters. The van der Waals surface area contributed by atoms with E-state index in [4.69, 9.17) is 4.52 Å². The van der Waals surface area contributed by atoms with Crippen LogP contribution in [0.1, 0.15) is 37.0 Å². The molecule has 0 saturated heterocycles. The summed E-state index contributed by atoms with van der Waals surface area (Å²) in [5.41, 5.74) is 0.883. The average Bonchev–Trinajstić information content (AvgIpc) is 2.71. The van der Waals surface area contributed by atoms with Gasteiger partial charge in [-0.15, -0.1) is 0 Å². The molecule has 0 bridgehead atoms. The van der Waals surface area contributed by atoms with Crippen LogP contribution in [-0.4, -0.2) is 14.7 Å².